The second-order valence-electron chi connectivity index (χ2n) is 6.23. The van der Waals surface area contributed by atoms with Crippen LogP contribution in [0.2, 0.25) is 0 Å². The Hall–Kier alpha value is -1.98. The Morgan fingerprint density at radius 1 is 1.36 bits per heavy atom. The fourth-order valence-corrected chi connectivity index (χ4v) is 2.02. The molecule has 1 N–H and O–H groups in total. The Balaban J connectivity index is 2.64. The minimum absolute atomic E-state index is 0.129. The number of carbonyl (C=O) groups excluding carboxylic acids is 2. The number of hydrogen-bond acceptors (Lipinski definition) is 4. The molecule has 0 aromatic carbocycles. The number of hydrogen-bond donors (Lipinski definition) is 1. The number of nitrogens with one attached hydrogen (secondary N) is 1. The number of rotatable bonds is 5. The maximum Gasteiger partial charge on any atom is 0.407 e. The summed E-state index contributed by atoms with van der Waals surface area (Å²) >= 11 is 0. The molecule has 0 spiro atoms. The average Bonchev–Trinajstić information content (AvgIpc) is 2.68. The molecule has 6 heteroatoms. The lowest BCUT2D eigenvalue weighted by Crippen LogP contribution is -2.39. The van der Waals surface area contributed by atoms with Crippen LogP contribution in [0.3, 0.4) is 0 Å². The predicted molar refractivity (Wildman–Crippen MR) is 84.0 cm³/mol. The van der Waals surface area contributed by atoms with Gasteiger partial charge in [-0.15, -0.1) is 0 Å². The molecule has 1 heterocycles. The summed E-state index contributed by atoms with van der Waals surface area (Å²) in [5, 5.41) is 2.78. The SMILES string of the molecule is CCOC(=O)c1ccn(C[C@H](C)NC(=O)OC(C)(C)C)c1C. The maximum atomic E-state index is 11.8. The first-order valence-corrected chi connectivity index (χ1v) is 7.46. The van der Waals surface area contributed by atoms with E-state index in [0.29, 0.717) is 18.7 Å². The van der Waals surface area contributed by atoms with E-state index in [2.05, 4.69) is 5.32 Å². The van der Waals surface area contributed by atoms with Gasteiger partial charge in [0.15, 0.2) is 0 Å². The van der Waals surface area contributed by atoms with Gasteiger partial charge >= 0.3 is 12.1 Å². The number of alkyl carbamates (subject to hydrolysis) is 1. The lowest BCUT2D eigenvalue weighted by atomic mass is 10.2. The molecular formula is C16H26N2O4. The molecule has 1 aromatic heterocycles. The molecule has 22 heavy (non-hydrogen) atoms. The molecule has 1 aromatic rings. The van der Waals surface area contributed by atoms with Gasteiger partial charge in [-0.25, -0.2) is 9.59 Å². The van der Waals surface area contributed by atoms with Gasteiger partial charge < -0.3 is 19.4 Å². The van der Waals surface area contributed by atoms with Crippen LogP contribution in [0, 0.1) is 6.92 Å². The summed E-state index contributed by atoms with van der Waals surface area (Å²) in [5.74, 6) is -0.327. The number of esters is 1. The molecular weight excluding hydrogens is 284 g/mol. The van der Waals surface area contributed by atoms with Crippen molar-refractivity contribution < 1.29 is 19.1 Å². The second kappa shape index (κ2) is 7.33. The minimum atomic E-state index is -0.524. The molecule has 0 aliphatic rings. The van der Waals surface area contributed by atoms with Gasteiger partial charge in [-0.05, 0) is 47.6 Å². The zero-order valence-corrected chi connectivity index (χ0v) is 14.2. The van der Waals surface area contributed by atoms with Crippen LogP contribution >= 0.6 is 0 Å². The molecule has 1 amide bonds. The first-order chi connectivity index (χ1) is 10.1. The summed E-state index contributed by atoms with van der Waals surface area (Å²) in [6.45, 7) is 11.9. The van der Waals surface area contributed by atoms with Gasteiger partial charge in [0.05, 0.1) is 12.2 Å². The van der Waals surface area contributed by atoms with E-state index in [-0.39, 0.29) is 12.0 Å². The molecule has 1 rings (SSSR count). The second-order valence-corrected chi connectivity index (χ2v) is 6.23. The van der Waals surface area contributed by atoms with Crippen molar-refractivity contribution in [2.75, 3.05) is 6.61 Å². The molecule has 0 unspecified atom stereocenters. The number of ether oxygens (including phenoxy) is 2. The predicted octanol–water partition coefficient (Wildman–Crippen LogP) is 2.89. The van der Waals surface area contributed by atoms with E-state index >= 15 is 0 Å². The van der Waals surface area contributed by atoms with Crippen molar-refractivity contribution in [1.82, 2.24) is 9.88 Å². The highest BCUT2D eigenvalue weighted by atomic mass is 16.6. The lowest BCUT2D eigenvalue weighted by Gasteiger charge is -2.22. The van der Waals surface area contributed by atoms with E-state index in [0.717, 1.165) is 5.69 Å². The van der Waals surface area contributed by atoms with Crippen molar-refractivity contribution in [2.45, 2.75) is 59.7 Å². The summed E-state index contributed by atoms with van der Waals surface area (Å²) < 4.78 is 12.1. The summed E-state index contributed by atoms with van der Waals surface area (Å²) in [6.07, 6.45) is 1.37. The zero-order valence-electron chi connectivity index (χ0n) is 14.2. The molecule has 124 valence electrons. The highest BCUT2D eigenvalue weighted by Gasteiger charge is 2.19. The van der Waals surface area contributed by atoms with Crippen molar-refractivity contribution >= 4 is 12.1 Å². The van der Waals surface area contributed by atoms with Gasteiger partial charge in [0.25, 0.3) is 0 Å². The number of carbonyl (C=O) groups is 2. The molecule has 0 saturated heterocycles. The van der Waals surface area contributed by atoms with Crippen LogP contribution in [-0.4, -0.2) is 34.9 Å². The largest absolute Gasteiger partial charge is 0.462 e. The molecule has 0 aliphatic heterocycles. The Morgan fingerprint density at radius 3 is 2.55 bits per heavy atom. The monoisotopic (exact) mass is 310 g/mol. The third kappa shape index (κ3) is 5.42. The van der Waals surface area contributed by atoms with Gasteiger partial charge in [0.1, 0.15) is 5.60 Å². The van der Waals surface area contributed by atoms with Crippen molar-refractivity contribution in [3.05, 3.63) is 23.5 Å². The standard InChI is InChI=1S/C16H26N2O4/c1-7-21-14(19)13-8-9-18(12(13)3)10-11(2)17-15(20)22-16(4,5)6/h8-9,11H,7,10H2,1-6H3,(H,17,20)/t11-/m0/s1. The molecule has 0 saturated carbocycles. The minimum Gasteiger partial charge on any atom is -0.462 e. The normalized spacial score (nSPS) is 12.6. The van der Waals surface area contributed by atoms with Crippen molar-refractivity contribution in [3.8, 4) is 0 Å². The van der Waals surface area contributed by atoms with Crippen LogP contribution in [-0.2, 0) is 16.0 Å². The van der Waals surface area contributed by atoms with Crippen molar-refractivity contribution in [2.24, 2.45) is 0 Å². The van der Waals surface area contributed by atoms with Crippen LogP contribution < -0.4 is 5.32 Å². The van der Waals surface area contributed by atoms with Gasteiger partial charge in [-0.3, -0.25) is 0 Å². The molecule has 1 atom stereocenters. The molecule has 0 radical (unpaired) electrons. The molecule has 0 aliphatic carbocycles. The Labute approximate surface area is 131 Å². The van der Waals surface area contributed by atoms with Gasteiger partial charge in [0.2, 0.25) is 0 Å². The van der Waals surface area contributed by atoms with E-state index in [1.165, 1.54) is 0 Å². The number of amides is 1. The first kappa shape index (κ1) is 18.1. The van der Waals surface area contributed by atoms with Crippen LogP contribution in [0.25, 0.3) is 0 Å². The fraction of sp³-hybridized carbons (Fsp3) is 0.625. The highest BCUT2D eigenvalue weighted by molar-refractivity contribution is 5.90. The molecule has 0 fully saturated rings. The van der Waals surface area contributed by atoms with Crippen LogP contribution in [0.1, 0.15) is 50.7 Å². The highest BCUT2D eigenvalue weighted by Crippen LogP contribution is 2.13. The Bertz CT molecular complexity index is 529. The van der Waals surface area contributed by atoms with Gasteiger partial charge in [-0.1, -0.05) is 0 Å². The number of nitrogens with zero attached hydrogens (tertiary/aromatic N) is 1. The fourth-order valence-electron chi connectivity index (χ4n) is 2.02. The van der Waals surface area contributed by atoms with E-state index < -0.39 is 11.7 Å². The van der Waals surface area contributed by atoms with Crippen LogP contribution in [0.5, 0.6) is 0 Å². The van der Waals surface area contributed by atoms with Crippen LogP contribution in [0.15, 0.2) is 12.3 Å². The third-order valence-electron chi connectivity index (χ3n) is 2.97. The lowest BCUT2D eigenvalue weighted by molar-refractivity contribution is 0.0497. The summed E-state index contributed by atoms with van der Waals surface area (Å²) in [6, 6.07) is 1.60. The van der Waals surface area contributed by atoms with E-state index in [1.54, 1.807) is 13.0 Å². The Kier molecular flexibility index (Phi) is 6.02. The average molecular weight is 310 g/mol. The van der Waals surface area contributed by atoms with E-state index in [4.69, 9.17) is 9.47 Å². The topological polar surface area (TPSA) is 69.6 Å². The summed E-state index contributed by atoms with van der Waals surface area (Å²) in [4.78, 5) is 23.5. The van der Waals surface area contributed by atoms with Gasteiger partial charge in [-0.2, -0.15) is 0 Å². The third-order valence-corrected chi connectivity index (χ3v) is 2.97. The van der Waals surface area contributed by atoms with Crippen molar-refractivity contribution in [1.29, 1.82) is 0 Å². The number of aromatic nitrogens is 1. The van der Waals surface area contributed by atoms with E-state index in [9.17, 15) is 9.59 Å². The zero-order chi connectivity index (χ0) is 16.9. The Morgan fingerprint density at radius 2 is 2.00 bits per heavy atom. The maximum absolute atomic E-state index is 11.8. The van der Waals surface area contributed by atoms with Crippen LogP contribution in [0.4, 0.5) is 4.79 Å². The summed E-state index contributed by atoms with van der Waals surface area (Å²) in [7, 11) is 0. The van der Waals surface area contributed by atoms with Crippen molar-refractivity contribution in [3.63, 3.8) is 0 Å². The smallest absolute Gasteiger partial charge is 0.407 e. The first-order valence-electron chi connectivity index (χ1n) is 7.46. The van der Waals surface area contributed by atoms with Gasteiger partial charge in [0, 0.05) is 24.5 Å². The molecule has 6 nitrogen and oxygen atoms in total. The van der Waals surface area contributed by atoms with E-state index in [1.807, 2.05) is 45.4 Å². The quantitative estimate of drug-likeness (QED) is 0.849. The summed E-state index contributed by atoms with van der Waals surface area (Å²) in [5.41, 5.74) is 0.840. The molecule has 0 bridgehead atoms.